The van der Waals surface area contributed by atoms with Crippen LogP contribution in [-0.2, 0) is 0 Å². The average Bonchev–Trinajstić information content (AvgIpc) is 2.28. The van der Waals surface area contributed by atoms with Gasteiger partial charge in [0.15, 0.2) is 0 Å². The highest BCUT2D eigenvalue weighted by molar-refractivity contribution is 6.46. The van der Waals surface area contributed by atoms with Crippen molar-refractivity contribution >= 4 is 11.4 Å². The highest BCUT2D eigenvalue weighted by Crippen LogP contribution is 2.27. The van der Waals surface area contributed by atoms with E-state index in [9.17, 15) is 0 Å². The molecule has 15 heavy (non-hydrogen) atoms. The molecule has 1 heterocycles. The summed E-state index contributed by atoms with van der Waals surface area (Å²) in [4.78, 5) is 9.70. The molecule has 1 aliphatic carbocycles. The second-order valence-corrected chi connectivity index (χ2v) is 4.36. The zero-order valence-electron chi connectivity index (χ0n) is 9.74. The lowest BCUT2D eigenvalue weighted by atomic mass is 9.89. The predicted molar refractivity (Wildman–Crippen MR) is 66.0 cm³/mol. The maximum absolute atomic E-state index is 4.86. The highest BCUT2D eigenvalue weighted by Gasteiger charge is 2.28. The number of nitrogens with zero attached hydrogens (tertiary/aromatic N) is 2. The number of allylic oxidation sites excluding steroid dienone is 2. The number of hydrogen-bond acceptors (Lipinski definition) is 2. The Bertz CT molecular complexity index is 312. The molecule has 0 amide bonds. The van der Waals surface area contributed by atoms with Crippen molar-refractivity contribution < 1.29 is 0 Å². The Kier molecular flexibility index (Phi) is 3.34. The van der Waals surface area contributed by atoms with Crippen molar-refractivity contribution in [3.63, 3.8) is 0 Å². The molecule has 0 aromatic heterocycles. The molecule has 0 saturated heterocycles. The minimum atomic E-state index is 0.472. The van der Waals surface area contributed by atoms with Crippen LogP contribution < -0.4 is 0 Å². The first-order valence-electron chi connectivity index (χ1n) is 6.12. The van der Waals surface area contributed by atoms with E-state index in [1.807, 2.05) is 6.92 Å². The lowest BCUT2D eigenvalue weighted by Crippen LogP contribution is -2.34. The summed E-state index contributed by atoms with van der Waals surface area (Å²) < 4.78 is 0. The minimum absolute atomic E-state index is 0.472. The number of aliphatic imine (C=N–C) groups is 2. The fourth-order valence-corrected chi connectivity index (χ4v) is 2.48. The molecule has 82 valence electrons. The van der Waals surface area contributed by atoms with Gasteiger partial charge >= 0.3 is 0 Å². The van der Waals surface area contributed by atoms with Gasteiger partial charge < -0.3 is 0 Å². The lowest BCUT2D eigenvalue weighted by Gasteiger charge is -2.30. The van der Waals surface area contributed by atoms with E-state index in [0.717, 1.165) is 12.1 Å². The first-order chi connectivity index (χ1) is 7.35. The van der Waals surface area contributed by atoms with Crippen LogP contribution in [0.1, 0.15) is 46.0 Å². The van der Waals surface area contributed by atoms with Crippen molar-refractivity contribution in [2.24, 2.45) is 9.98 Å². The van der Waals surface area contributed by atoms with Crippen LogP contribution >= 0.6 is 0 Å². The third-order valence-electron chi connectivity index (χ3n) is 3.28. The average molecular weight is 204 g/mol. The van der Waals surface area contributed by atoms with Gasteiger partial charge in [-0.05, 0) is 32.3 Å². The molecular formula is C13H20N2. The largest absolute Gasteiger partial charge is 0.282 e. The van der Waals surface area contributed by atoms with E-state index < -0.39 is 0 Å². The Morgan fingerprint density at radius 2 is 1.87 bits per heavy atom. The van der Waals surface area contributed by atoms with Gasteiger partial charge in [-0.25, -0.2) is 0 Å². The summed E-state index contributed by atoms with van der Waals surface area (Å²) in [5, 5.41) is 0. The molecule has 1 saturated carbocycles. The molecule has 0 spiro atoms. The quantitative estimate of drug-likeness (QED) is 0.660. The van der Waals surface area contributed by atoms with Gasteiger partial charge in [0.25, 0.3) is 0 Å². The van der Waals surface area contributed by atoms with Crippen LogP contribution in [-0.4, -0.2) is 23.5 Å². The molecular weight excluding hydrogens is 184 g/mol. The number of fused-ring (bicyclic) bond motifs is 1. The molecule has 2 rings (SSSR count). The zero-order chi connectivity index (χ0) is 10.7. The molecule has 2 heteroatoms. The molecule has 0 radical (unpaired) electrons. The van der Waals surface area contributed by atoms with Crippen LogP contribution in [0.4, 0.5) is 0 Å². The molecule has 1 fully saturated rings. The fourth-order valence-electron chi connectivity index (χ4n) is 2.48. The molecule has 2 aliphatic rings. The minimum Gasteiger partial charge on any atom is -0.282 e. The van der Waals surface area contributed by atoms with Crippen molar-refractivity contribution in [2.75, 3.05) is 0 Å². The SMILES string of the molecule is C/C=C\C1=N[C@H]2CCCC[C@H]2N=C1CC. The van der Waals surface area contributed by atoms with Crippen molar-refractivity contribution in [1.82, 2.24) is 0 Å². The Hall–Kier alpha value is -0.920. The van der Waals surface area contributed by atoms with Crippen molar-refractivity contribution in [2.45, 2.75) is 58.0 Å². The van der Waals surface area contributed by atoms with Gasteiger partial charge in [-0.3, -0.25) is 9.98 Å². The Labute approximate surface area is 92.2 Å². The Balaban J connectivity index is 2.23. The first kappa shape index (κ1) is 10.6. The van der Waals surface area contributed by atoms with E-state index in [1.165, 1.54) is 31.4 Å². The summed E-state index contributed by atoms with van der Waals surface area (Å²) in [5.74, 6) is 0. The zero-order valence-corrected chi connectivity index (χ0v) is 9.74. The Morgan fingerprint density at radius 3 is 2.47 bits per heavy atom. The predicted octanol–water partition coefficient (Wildman–Crippen LogP) is 3.18. The van der Waals surface area contributed by atoms with Crippen molar-refractivity contribution in [3.05, 3.63) is 12.2 Å². The van der Waals surface area contributed by atoms with Crippen molar-refractivity contribution in [1.29, 1.82) is 0 Å². The second kappa shape index (κ2) is 4.73. The van der Waals surface area contributed by atoms with Crippen LogP contribution in [0.3, 0.4) is 0 Å². The summed E-state index contributed by atoms with van der Waals surface area (Å²) in [6.45, 7) is 4.21. The van der Waals surface area contributed by atoms with Crippen LogP contribution in [0.2, 0.25) is 0 Å². The van der Waals surface area contributed by atoms with Gasteiger partial charge in [0.05, 0.1) is 23.5 Å². The monoisotopic (exact) mass is 204 g/mol. The van der Waals surface area contributed by atoms with Crippen LogP contribution in [0, 0.1) is 0 Å². The van der Waals surface area contributed by atoms with E-state index >= 15 is 0 Å². The van der Waals surface area contributed by atoms with E-state index in [1.54, 1.807) is 0 Å². The molecule has 1 aliphatic heterocycles. The van der Waals surface area contributed by atoms with Gasteiger partial charge in [-0.2, -0.15) is 0 Å². The van der Waals surface area contributed by atoms with Gasteiger partial charge in [0, 0.05) is 0 Å². The van der Waals surface area contributed by atoms with Crippen molar-refractivity contribution in [3.8, 4) is 0 Å². The third-order valence-corrected chi connectivity index (χ3v) is 3.28. The van der Waals surface area contributed by atoms with E-state index in [2.05, 4.69) is 19.1 Å². The molecule has 0 unspecified atom stereocenters. The molecule has 0 aromatic carbocycles. The second-order valence-electron chi connectivity index (χ2n) is 4.36. The smallest absolute Gasteiger partial charge is 0.0785 e. The Morgan fingerprint density at radius 1 is 1.20 bits per heavy atom. The molecule has 0 bridgehead atoms. The molecule has 0 N–H and O–H groups in total. The van der Waals surface area contributed by atoms with E-state index in [0.29, 0.717) is 12.1 Å². The van der Waals surface area contributed by atoms with E-state index in [-0.39, 0.29) is 0 Å². The summed E-state index contributed by atoms with van der Waals surface area (Å²) in [7, 11) is 0. The van der Waals surface area contributed by atoms with Crippen LogP contribution in [0.25, 0.3) is 0 Å². The molecule has 0 aromatic rings. The molecule has 2 atom stereocenters. The standard InChI is InChI=1S/C13H20N2/c1-3-7-11-10(4-2)14-12-8-5-6-9-13(12)15-11/h3,7,12-13H,4-6,8-9H2,1-2H3/b7-3-/t12-,13+/m1/s1. The molecule has 2 nitrogen and oxygen atoms in total. The van der Waals surface area contributed by atoms with E-state index in [4.69, 9.17) is 9.98 Å². The highest BCUT2D eigenvalue weighted by atomic mass is 15.0. The first-order valence-corrected chi connectivity index (χ1v) is 6.12. The lowest BCUT2D eigenvalue weighted by molar-refractivity contribution is 0.385. The van der Waals surface area contributed by atoms with Crippen LogP contribution in [0.15, 0.2) is 22.1 Å². The van der Waals surface area contributed by atoms with Gasteiger partial charge in [-0.15, -0.1) is 0 Å². The third kappa shape index (κ3) is 2.19. The number of hydrogen-bond donors (Lipinski definition) is 0. The number of rotatable bonds is 2. The summed E-state index contributed by atoms with van der Waals surface area (Å²) in [6, 6.07) is 0.961. The van der Waals surface area contributed by atoms with Gasteiger partial charge in [0.1, 0.15) is 0 Å². The van der Waals surface area contributed by atoms with Gasteiger partial charge in [0.2, 0.25) is 0 Å². The summed E-state index contributed by atoms with van der Waals surface area (Å²) in [5.41, 5.74) is 2.33. The summed E-state index contributed by atoms with van der Waals surface area (Å²) in [6.07, 6.45) is 10.3. The summed E-state index contributed by atoms with van der Waals surface area (Å²) >= 11 is 0. The topological polar surface area (TPSA) is 24.7 Å². The normalized spacial score (nSPS) is 31.1. The van der Waals surface area contributed by atoms with Crippen LogP contribution in [0.5, 0.6) is 0 Å². The maximum atomic E-state index is 4.86. The maximum Gasteiger partial charge on any atom is 0.0785 e. The fraction of sp³-hybridized carbons (Fsp3) is 0.692. The van der Waals surface area contributed by atoms with Gasteiger partial charge in [-0.1, -0.05) is 25.8 Å².